The number of benzene rings is 1. The first-order valence-electron chi connectivity index (χ1n) is 7.11. The summed E-state index contributed by atoms with van der Waals surface area (Å²) < 4.78 is 10.9. The molecule has 0 saturated carbocycles. The van der Waals surface area contributed by atoms with Crippen LogP contribution in [0.5, 0.6) is 11.5 Å². The number of hydrogen-bond donors (Lipinski definition) is 0. The fourth-order valence-electron chi connectivity index (χ4n) is 3.01. The molecule has 1 fully saturated rings. The van der Waals surface area contributed by atoms with Crippen molar-refractivity contribution in [2.45, 2.75) is 32.2 Å². The number of rotatable bonds is 2. The van der Waals surface area contributed by atoms with E-state index in [9.17, 15) is 0 Å². The highest BCUT2D eigenvalue weighted by molar-refractivity contribution is 6.45. The molecule has 2 aliphatic heterocycles. The van der Waals surface area contributed by atoms with E-state index in [-0.39, 0.29) is 0 Å². The fraction of sp³-hybridized carbons (Fsp3) is 0.533. The molecule has 0 N–H and O–H groups in total. The molecule has 0 radical (unpaired) electrons. The van der Waals surface area contributed by atoms with Crippen LogP contribution in [0.3, 0.4) is 0 Å². The van der Waals surface area contributed by atoms with Crippen molar-refractivity contribution in [2.24, 2.45) is 4.99 Å². The standard InChI is InChI=1S/C15H18Cl2N2O2/c1-20-14-9-8-19-7-5-3-4-6-10(19)18-13(9)11(16)12(17)15(14)21-2/h3-8H2,1-2H3. The molecule has 0 amide bonds. The van der Waals surface area contributed by atoms with Gasteiger partial charge in [-0.1, -0.05) is 29.6 Å². The molecule has 6 heteroatoms. The van der Waals surface area contributed by atoms with Crippen LogP contribution < -0.4 is 9.47 Å². The van der Waals surface area contributed by atoms with E-state index < -0.39 is 0 Å². The van der Waals surface area contributed by atoms with Crippen molar-refractivity contribution in [2.75, 3.05) is 20.8 Å². The zero-order valence-electron chi connectivity index (χ0n) is 12.2. The summed E-state index contributed by atoms with van der Waals surface area (Å²) in [4.78, 5) is 7.07. The Bertz CT molecular complexity index is 602. The second-order valence-corrected chi connectivity index (χ2v) is 6.04. The Kier molecular flexibility index (Phi) is 4.18. The van der Waals surface area contributed by atoms with Crippen LogP contribution in [0, 0.1) is 0 Å². The monoisotopic (exact) mass is 328 g/mol. The van der Waals surface area contributed by atoms with Crippen LogP contribution >= 0.6 is 23.2 Å². The Morgan fingerprint density at radius 2 is 1.76 bits per heavy atom. The minimum Gasteiger partial charge on any atom is -0.492 e. The first-order chi connectivity index (χ1) is 10.2. The molecule has 4 nitrogen and oxygen atoms in total. The maximum atomic E-state index is 6.40. The van der Waals surface area contributed by atoms with E-state index in [1.165, 1.54) is 19.3 Å². The van der Waals surface area contributed by atoms with Crippen molar-refractivity contribution >= 4 is 34.7 Å². The summed E-state index contributed by atoms with van der Waals surface area (Å²) in [6.07, 6.45) is 4.58. The quantitative estimate of drug-likeness (QED) is 0.805. The molecule has 2 aliphatic rings. The Morgan fingerprint density at radius 1 is 1.00 bits per heavy atom. The molecule has 0 atom stereocenters. The third-order valence-corrected chi connectivity index (χ3v) is 4.88. The number of halogens is 2. The fourth-order valence-corrected chi connectivity index (χ4v) is 3.50. The predicted molar refractivity (Wildman–Crippen MR) is 85.5 cm³/mol. The van der Waals surface area contributed by atoms with Crippen molar-refractivity contribution in [3.05, 3.63) is 15.6 Å². The Morgan fingerprint density at radius 3 is 2.48 bits per heavy atom. The number of hydrogen-bond acceptors (Lipinski definition) is 4. The lowest BCUT2D eigenvalue weighted by Gasteiger charge is -2.31. The minimum absolute atomic E-state index is 0.362. The second-order valence-electron chi connectivity index (χ2n) is 5.28. The second kappa shape index (κ2) is 5.93. The lowest BCUT2D eigenvalue weighted by atomic mass is 10.1. The molecule has 21 heavy (non-hydrogen) atoms. The highest BCUT2D eigenvalue weighted by atomic mass is 35.5. The Balaban J connectivity index is 2.18. The molecule has 0 spiro atoms. The lowest BCUT2D eigenvalue weighted by molar-refractivity contribution is 0.339. The minimum atomic E-state index is 0.362. The smallest absolute Gasteiger partial charge is 0.181 e. The van der Waals surface area contributed by atoms with Crippen molar-refractivity contribution < 1.29 is 9.47 Å². The third-order valence-electron chi connectivity index (χ3n) is 4.06. The molecular weight excluding hydrogens is 311 g/mol. The zero-order valence-corrected chi connectivity index (χ0v) is 13.7. The van der Waals surface area contributed by atoms with Crippen LogP contribution in [0.2, 0.25) is 10.0 Å². The highest BCUT2D eigenvalue weighted by Crippen LogP contribution is 2.51. The summed E-state index contributed by atoms with van der Waals surface area (Å²) in [5, 5.41) is 0.807. The van der Waals surface area contributed by atoms with Crippen molar-refractivity contribution in [1.82, 2.24) is 4.90 Å². The molecule has 114 valence electrons. The van der Waals surface area contributed by atoms with E-state index in [0.717, 1.165) is 36.6 Å². The first-order valence-corrected chi connectivity index (χ1v) is 7.87. The van der Waals surface area contributed by atoms with Gasteiger partial charge in [-0.15, -0.1) is 0 Å². The molecule has 0 aliphatic carbocycles. The average Bonchev–Trinajstić information content (AvgIpc) is 2.73. The number of ether oxygens (including phenoxy) is 2. The van der Waals surface area contributed by atoms with Gasteiger partial charge in [0.15, 0.2) is 11.5 Å². The van der Waals surface area contributed by atoms with Gasteiger partial charge >= 0.3 is 0 Å². The average molecular weight is 329 g/mol. The molecule has 2 heterocycles. The SMILES string of the molecule is COc1c(Cl)c(Cl)c2c(c1OC)CN1CCCCCC1=N2. The number of fused-ring (bicyclic) bond motifs is 2. The number of nitrogens with zero attached hydrogens (tertiary/aromatic N) is 2. The van der Waals surface area contributed by atoms with Crippen LogP contribution in [0.15, 0.2) is 4.99 Å². The van der Waals surface area contributed by atoms with E-state index >= 15 is 0 Å². The van der Waals surface area contributed by atoms with Gasteiger partial charge in [-0.05, 0) is 12.8 Å². The van der Waals surface area contributed by atoms with E-state index in [0.29, 0.717) is 21.5 Å². The van der Waals surface area contributed by atoms with Gasteiger partial charge in [0, 0.05) is 18.5 Å². The van der Waals surface area contributed by atoms with Crippen molar-refractivity contribution in [3.8, 4) is 11.5 Å². The maximum Gasteiger partial charge on any atom is 0.181 e. The molecule has 0 aromatic heterocycles. The van der Waals surface area contributed by atoms with E-state index in [4.69, 9.17) is 37.7 Å². The summed E-state index contributed by atoms with van der Waals surface area (Å²) in [7, 11) is 3.18. The Hall–Kier alpha value is -1.13. The van der Waals surface area contributed by atoms with Gasteiger partial charge in [0.25, 0.3) is 0 Å². The lowest BCUT2D eigenvalue weighted by Crippen LogP contribution is -2.32. The first kappa shape index (κ1) is 14.8. The summed E-state index contributed by atoms with van der Waals surface area (Å²) in [5.74, 6) is 2.22. The van der Waals surface area contributed by atoms with Gasteiger partial charge in [0.05, 0.1) is 31.5 Å². The third kappa shape index (κ3) is 2.44. The molecule has 1 aromatic rings. The molecule has 1 aromatic carbocycles. The van der Waals surface area contributed by atoms with Gasteiger partial charge in [0.2, 0.25) is 0 Å². The van der Waals surface area contributed by atoms with Crippen LogP contribution in [0.25, 0.3) is 0 Å². The summed E-state index contributed by atoms with van der Waals surface area (Å²) in [5.41, 5.74) is 1.68. The molecular formula is C15H18Cl2N2O2. The van der Waals surface area contributed by atoms with Crippen LogP contribution in [-0.4, -0.2) is 31.5 Å². The predicted octanol–water partition coefficient (Wildman–Crippen LogP) is 4.43. The van der Waals surface area contributed by atoms with Gasteiger partial charge in [-0.3, -0.25) is 0 Å². The number of aliphatic imine (C=N–C) groups is 1. The van der Waals surface area contributed by atoms with Crippen LogP contribution in [0.4, 0.5) is 5.69 Å². The van der Waals surface area contributed by atoms with Crippen LogP contribution in [0.1, 0.15) is 31.2 Å². The number of amidine groups is 1. The topological polar surface area (TPSA) is 34.1 Å². The summed E-state index contributed by atoms with van der Waals surface area (Å²) >= 11 is 12.7. The largest absolute Gasteiger partial charge is 0.492 e. The highest BCUT2D eigenvalue weighted by Gasteiger charge is 2.30. The van der Waals surface area contributed by atoms with Gasteiger partial charge in [-0.2, -0.15) is 0 Å². The number of methoxy groups -OCH3 is 2. The van der Waals surface area contributed by atoms with Crippen molar-refractivity contribution in [1.29, 1.82) is 0 Å². The molecule has 1 saturated heterocycles. The van der Waals surface area contributed by atoms with Gasteiger partial charge in [-0.25, -0.2) is 4.99 Å². The van der Waals surface area contributed by atoms with Crippen LogP contribution in [-0.2, 0) is 6.54 Å². The van der Waals surface area contributed by atoms with Gasteiger partial charge in [0.1, 0.15) is 10.9 Å². The van der Waals surface area contributed by atoms with Gasteiger partial charge < -0.3 is 14.4 Å². The van der Waals surface area contributed by atoms with E-state index in [2.05, 4.69) is 4.90 Å². The normalized spacial score (nSPS) is 17.5. The summed E-state index contributed by atoms with van der Waals surface area (Å²) in [6, 6.07) is 0. The van der Waals surface area contributed by atoms with E-state index in [1.807, 2.05) is 0 Å². The van der Waals surface area contributed by atoms with E-state index in [1.54, 1.807) is 14.2 Å². The maximum absolute atomic E-state index is 6.40. The molecule has 0 bridgehead atoms. The Labute approximate surface area is 134 Å². The molecule has 3 rings (SSSR count). The zero-order chi connectivity index (χ0) is 15.0. The molecule has 0 unspecified atom stereocenters. The summed E-state index contributed by atoms with van der Waals surface area (Å²) in [6.45, 7) is 1.76. The van der Waals surface area contributed by atoms with Crippen molar-refractivity contribution in [3.63, 3.8) is 0 Å².